The third kappa shape index (κ3) is 1.20. The van der Waals surface area contributed by atoms with Gasteiger partial charge in [0.1, 0.15) is 12.0 Å². The fourth-order valence-corrected chi connectivity index (χ4v) is 0.485. The normalized spacial score (nSPS) is 9.00. The van der Waals surface area contributed by atoms with Crippen LogP contribution in [-0.4, -0.2) is 21.5 Å². The van der Waals surface area contributed by atoms with E-state index in [0.29, 0.717) is 6.29 Å². The monoisotopic (exact) mass is 143 g/mol. The Bertz CT molecular complexity index is 227. The second kappa shape index (κ2) is 2.50. The molecule has 0 atom stereocenters. The molecule has 0 radical (unpaired) electrons. The molecule has 0 fully saturated rings. The lowest BCUT2D eigenvalue weighted by molar-refractivity contribution is 0.111. The molecule has 0 unspecified atom stereocenters. The van der Waals surface area contributed by atoms with Crippen molar-refractivity contribution in [1.82, 2.24) is 15.2 Å². The summed E-state index contributed by atoms with van der Waals surface area (Å²) in [5, 5.41) is 6.75. The summed E-state index contributed by atoms with van der Waals surface area (Å²) in [6.07, 6.45) is 1.69. The van der Waals surface area contributed by atoms with E-state index in [2.05, 4.69) is 15.2 Å². The van der Waals surface area contributed by atoms with Crippen LogP contribution in [0.4, 0.5) is 0 Å². The quantitative estimate of drug-likeness (QED) is 0.532. The van der Waals surface area contributed by atoms with Crippen LogP contribution in [0.1, 0.15) is 10.5 Å². The first kappa shape index (κ1) is 6.10. The van der Waals surface area contributed by atoms with Crippen LogP contribution in [0.2, 0.25) is 5.15 Å². The number of nitrogens with zero attached hydrogens (tertiary/aromatic N) is 3. The van der Waals surface area contributed by atoms with Gasteiger partial charge < -0.3 is 0 Å². The van der Waals surface area contributed by atoms with Gasteiger partial charge in [0, 0.05) is 0 Å². The van der Waals surface area contributed by atoms with E-state index in [9.17, 15) is 4.79 Å². The molecule has 0 aliphatic rings. The van der Waals surface area contributed by atoms with Gasteiger partial charge in [-0.1, -0.05) is 11.6 Å². The second-order valence-corrected chi connectivity index (χ2v) is 1.61. The van der Waals surface area contributed by atoms with Gasteiger partial charge in [0.2, 0.25) is 0 Å². The zero-order chi connectivity index (χ0) is 6.69. The third-order valence-electron chi connectivity index (χ3n) is 0.717. The van der Waals surface area contributed by atoms with Crippen LogP contribution in [-0.2, 0) is 0 Å². The van der Waals surface area contributed by atoms with Crippen molar-refractivity contribution in [2.75, 3.05) is 0 Å². The molecule has 0 amide bonds. The first-order valence-electron chi connectivity index (χ1n) is 2.13. The molecule has 1 heterocycles. The van der Waals surface area contributed by atoms with Crippen molar-refractivity contribution in [3.63, 3.8) is 0 Å². The lowest BCUT2D eigenvalue weighted by atomic mass is 10.5. The Morgan fingerprint density at radius 2 is 2.44 bits per heavy atom. The van der Waals surface area contributed by atoms with Gasteiger partial charge >= 0.3 is 0 Å². The summed E-state index contributed by atoms with van der Waals surface area (Å²) in [7, 11) is 0. The van der Waals surface area contributed by atoms with Crippen molar-refractivity contribution in [2.24, 2.45) is 0 Å². The fourth-order valence-electron chi connectivity index (χ4n) is 0.348. The summed E-state index contributed by atoms with van der Waals surface area (Å²) in [6, 6.07) is 0. The highest BCUT2D eigenvalue weighted by atomic mass is 35.5. The minimum atomic E-state index is 0.0347. The van der Waals surface area contributed by atoms with Crippen molar-refractivity contribution < 1.29 is 4.79 Å². The fraction of sp³-hybridized carbons (Fsp3) is 0. The van der Waals surface area contributed by atoms with Crippen LogP contribution in [0.25, 0.3) is 0 Å². The molecule has 4 nitrogen and oxygen atoms in total. The molecular weight excluding hydrogens is 142 g/mol. The second-order valence-electron chi connectivity index (χ2n) is 1.25. The summed E-state index contributed by atoms with van der Waals surface area (Å²) in [4.78, 5) is 13.5. The Kier molecular flexibility index (Phi) is 1.69. The maximum Gasteiger partial charge on any atom is 0.180 e. The van der Waals surface area contributed by atoms with Crippen LogP contribution in [0.5, 0.6) is 0 Å². The van der Waals surface area contributed by atoms with Gasteiger partial charge in [0.25, 0.3) is 0 Å². The third-order valence-corrected chi connectivity index (χ3v) is 0.986. The Morgan fingerprint density at radius 3 is 2.89 bits per heavy atom. The lowest BCUT2D eigenvalue weighted by Gasteiger charge is -1.86. The average Bonchev–Trinajstić information content (AvgIpc) is 1.89. The maximum atomic E-state index is 10.0. The molecule has 5 heteroatoms. The SMILES string of the molecule is O=Cc1ncnnc1Cl. The number of carbonyl (C=O) groups is 1. The van der Waals surface area contributed by atoms with E-state index in [0.717, 1.165) is 6.33 Å². The van der Waals surface area contributed by atoms with E-state index in [1.54, 1.807) is 0 Å². The number of rotatable bonds is 1. The summed E-state index contributed by atoms with van der Waals surface area (Å²) >= 11 is 5.36. The molecular formula is C4H2ClN3O. The minimum absolute atomic E-state index is 0.0347. The smallest absolute Gasteiger partial charge is 0.180 e. The molecule has 9 heavy (non-hydrogen) atoms. The van der Waals surface area contributed by atoms with Crippen LogP contribution >= 0.6 is 11.6 Å². The maximum absolute atomic E-state index is 10.0. The first-order valence-corrected chi connectivity index (χ1v) is 2.50. The molecule has 0 saturated carbocycles. The van der Waals surface area contributed by atoms with E-state index in [4.69, 9.17) is 11.6 Å². The topological polar surface area (TPSA) is 55.7 Å². The van der Waals surface area contributed by atoms with Crippen LogP contribution in [0.15, 0.2) is 6.33 Å². The van der Waals surface area contributed by atoms with Gasteiger partial charge in [-0.3, -0.25) is 4.79 Å². The molecule has 1 rings (SSSR count). The lowest BCUT2D eigenvalue weighted by Crippen LogP contribution is -1.92. The van der Waals surface area contributed by atoms with Crippen LogP contribution in [0.3, 0.4) is 0 Å². The predicted octanol–water partition coefficient (Wildman–Crippen LogP) is 0.338. The Balaban J connectivity index is 3.15. The van der Waals surface area contributed by atoms with Gasteiger partial charge in [0.15, 0.2) is 11.4 Å². The predicted molar refractivity (Wildman–Crippen MR) is 30.2 cm³/mol. The summed E-state index contributed by atoms with van der Waals surface area (Å²) < 4.78 is 0. The van der Waals surface area contributed by atoms with Crippen molar-refractivity contribution in [3.8, 4) is 0 Å². The molecule has 0 aliphatic heterocycles. The van der Waals surface area contributed by atoms with Gasteiger partial charge in [-0.05, 0) is 0 Å². The Labute approximate surface area is 55.9 Å². The average molecular weight is 144 g/mol. The molecule has 46 valence electrons. The van der Waals surface area contributed by atoms with Gasteiger partial charge in [-0.15, -0.1) is 10.2 Å². The number of aromatic nitrogens is 3. The van der Waals surface area contributed by atoms with Crippen LogP contribution in [0, 0.1) is 0 Å². The van der Waals surface area contributed by atoms with Crippen molar-refractivity contribution >= 4 is 17.9 Å². The Hall–Kier alpha value is -1.03. The van der Waals surface area contributed by atoms with Gasteiger partial charge in [-0.25, -0.2) is 4.98 Å². The molecule has 1 aromatic heterocycles. The summed E-state index contributed by atoms with van der Waals surface area (Å²) in [5.74, 6) is 0. The van der Waals surface area contributed by atoms with Crippen LogP contribution < -0.4 is 0 Å². The Morgan fingerprint density at radius 1 is 1.67 bits per heavy atom. The summed E-state index contributed by atoms with van der Waals surface area (Å²) in [6.45, 7) is 0. The minimum Gasteiger partial charge on any atom is -0.296 e. The van der Waals surface area contributed by atoms with Crippen molar-refractivity contribution in [3.05, 3.63) is 17.2 Å². The van der Waals surface area contributed by atoms with E-state index >= 15 is 0 Å². The highest BCUT2D eigenvalue weighted by molar-refractivity contribution is 6.31. The highest BCUT2D eigenvalue weighted by Gasteiger charge is 1.97. The molecule has 0 bridgehead atoms. The largest absolute Gasteiger partial charge is 0.296 e. The molecule has 0 spiro atoms. The molecule has 0 aliphatic carbocycles. The van der Waals surface area contributed by atoms with E-state index in [-0.39, 0.29) is 10.8 Å². The number of aldehydes is 1. The summed E-state index contributed by atoms with van der Waals surface area (Å²) in [5.41, 5.74) is 0.117. The van der Waals surface area contributed by atoms with Gasteiger partial charge in [0.05, 0.1) is 0 Å². The molecule has 0 saturated heterocycles. The van der Waals surface area contributed by atoms with Crippen molar-refractivity contribution in [1.29, 1.82) is 0 Å². The zero-order valence-electron chi connectivity index (χ0n) is 4.28. The first-order chi connectivity index (χ1) is 4.34. The standard InChI is InChI=1S/C4H2ClN3O/c5-4-3(1-9)6-2-7-8-4/h1-2H. The van der Waals surface area contributed by atoms with Gasteiger partial charge in [-0.2, -0.15) is 0 Å². The molecule has 0 N–H and O–H groups in total. The number of hydrogen-bond donors (Lipinski definition) is 0. The van der Waals surface area contributed by atoms with E-state index in [1.807, 2.05) is 0 Å². The van der Waals surface area contributed by atoms with E-state index in [1.165, 1.54) is 0 Å². The number of carbonyl (C=O) groups excluding carboxylic acids is 1. The van der Waals surface area contributed by atoms with Crippen molar-refractivity contribution in [2.45, 2.75) is 0 Å². The van der Waals surface area contributed by atoms with E-state index < -0.39 is 0 Å². The molecule has 1 aromatic rings. The number of hydrogen-bond acceptors (Lipinski definition) is 4. The number of halogens is 1. The highest BCUT2D eigenvalue weighted by Crippen LogP contribution is 2.02. The zero-order valence-corrected chi connectivity index (χ0v) is 5.04. The molecule has 0 aromatic carbocycles.